The molecule has 4 heteroatoms. The Bertz CT molecular complexity index is 762. The maximum Gasteiger partial charge on any atom is 0.226 e. The van der Waals surface area contributed by atoms with Crippen molar-refractivity contribution in [3.05, 3.63) is 54.1 Å². The van der Waals surface area contributed by atoms with Gasteiger partial charge in [-0.15, -0.1) is 0 Å². The molecule has 0 saturated carbocycles. The van der Waals surface area contributed by atoms with Crippen molar-refractivity contribution in [2.45, 2.75) is 26.2 Å². The van der Waals surface area contributed by atoms with Crippen LogP contribution in [0.5, 0.6) is 0 Å². The van der Waals surface area contributed by atoms with Crippen molar-refractivity contribution in [1.82, 2.24) is 5.32 Å². The normalized spacial score (nSPS) is 13.9. The van der Waals surface area contributed by atoms with Gasteiger partial charge in [0.1, 0.15) is 0 Å². The van der Waals surface area contributed by atoms with Crippen LogP contribution < -0.4 is 10.2 Å². The molecule has 0 radical (unpaired) electrons. The molecule has 1 heterocycles. The summed E-state index contributed by atoms with van der Waals surface area (Å²) in [7, 11) is 1.79. The average Bonchev–Trinajstić information content (AvgIpc) is 2.65. The van der Waals surface area contributed by atoms with E-state index in [0.29, 0.717) is 18.8 Å². The Hall–Kier alpha value is -2.46. The third-order valence-corrected chi connectivity index (χ3v) is 5.12. The summed E-state index contributed by atoms with van der Waals surface area (Å²) >= 11 is 0. The molecule has 136 valence electrons. The molecule has 4 nitrogen and oxygen atoms in total. The zero-order valence-electron chi connectivity index (χ0n) is 15.5. The Labute approximate surface area is 155 Å². The summed E-state index contributed by atoms with van der Waals surface area (Å²) in [5.74, 6) is 0.978. The summed E-state index contributed by atoms with van der Waals surface area (Å²) in [6.07, 6.45) is 2.09. The number of nitrogens with one attached hydrogen (secondary N) is 1. The molecule has 1 saturated heterocycles. The molecular weight excluding hydrogens is 324 g/mol. The van der Waals surface area contributed by atoms with E-state index in [4.69, 9.17) is 0 Å². The molecule has 26 heavy (non-hydrogen) atoms. The monoisotopic (exact) mass is 350 g/mol. The fraction of sp³-hybridized carbons (Fsp3) is 0.364. The zero-order valence-corrected chi connectivity index (χ0v) is 15.5. The van der Waals surface area contributed by atoms with E-state index in [-0.39, 0.29) is 11.7 Å². The second-order valence-corrected chi connectivity index (χ2v) is 6.92. The highest BCUT2D eigenvalue weighted by Gasteiger charge is 2.18. The fourth-order valence-electron chi connectivity index (χ4n) is 3.14. The molecule has 1 N–H and O–H groups in total. The third kappa shape index (κ3) is 4.20. The van der Waals surface area contributed by atoms with Crippen LogP contribution in [0.2, 0.25) is 0 Å². The zero-order chi connectivity index (χ0) is 18.5. The van der Waals surface area contributed by atoms with E-state index >= 15 is 0 Å². The quantitative estimate of drug-likeness (QED) is 0.770. The molecule has 3 rings (SSSR count). The Morgan fingerprint density at radius 1 is 1.00 bits per heavy atom. The van der Waals surface area contributed by atoms with Gasteiger partial charge in [0.05, 0.1) is 0 Å². The molecule has 1 aliphatic heterocycles. The standard InChI is InChI=1S/C22H26N2O2/c1-3-22(26)24(2)20-11-9-18(10-12-20)17-5-7-19(8-6-17)21(25)13-4-16-14-23-15-16/h5-12,16,23H,3-4,13-15H2,1-2H3. The largest absolute Gasteiger partial charge is 0.316 e. The first-order valence-corrected chi connectivity index (χ1v) is 9.29. The van der Waals surface area contributed by atoms with Crippen molar-refractivity contribution >= 4 is 17.4 Å². The van der Waals surface area contributed by atoms with Gasteiger partial charge >= 0.3 is 0 Å². The van der Waals surface area contributed by atoms with E-state index < -0.39 is 0 Å². The predicted octanol–water partition coefficient (Wildman–Crippen LogP) is 3.91. The van der Waals surface area contributed by atoms with Crippen LogP contribution in [0, 0.1) is 5.92 Å². The van der Waals surface area contributed by atoms with Crippen LogP contribution in [-0.2, 0) is 4.79 Å². The molecule has 0 atom stereocenters. The molecule has 0 spiro atoms. The first-order valence-electron chi connectivity index (χ1n) is 9.29. The Balaban J connectivity index is 1.64. The molecule has 0 aliphatic carbocycles. The molecular formula is C22H26N2O2. The molecule has 2 aromatic rings. The van der Waals surface area contributed by atoms with Gasteiger partial charge < -0.3 is 10.2 Å². The van der Waals surface area contributed by atoms with Crippen LogP contribution in [0.15, 0.2) is 48.5 Å². The summed E-state index contributed by atoms with van der Waals surface area (Å²) in [5.41, 5.74) is 3.82. The second-order valence-electron chi connectivity index (χ2n) is 6.92. The SMILES string of the molecule is CCC(=O)N(C)c1ccc(-c2ccc(C(=O)CCC3CNC3)cc2)cc1. The molecule has 2 aromatic carbocycles. The van der Waals surface area contributed by atoms with Gasteiger partial charge in [0.15, 0.2) is 5.78 Å². The number of hydrogen-bond donors (Lipinski definition) is 1. The van der Waals surface area contributed by atoms with Crippen molar-refractivity contribution < 1.29 is 9.59 Å². The summed E-state index contributed by atoms with van der Waals surface area (Å²) in [4.78, 5) is 25.7. The van der Waals surface area contributed by atoms with Gasteiger partial charge in [-0.1, -0.05) is 43.3 Å². The van der Waals surface area contributed by atoms with Gasteiger partial charge in [0.25, 0.3) is 0 Å². The number of amides is 1. The van der Waals surface area contributed by atoms with E-state index in [0.717, 1.165) is 41.9 Å². The van der Waals surface area contributed by atoms with Crippen molar-refractivity contribution in [2.75, 3.05) is 25.0 Å². The first kappa shape index (κ1) is 18.3. The number of Topliss-reactive ketones (excluding diaryl/α,β-unsaturated/α-hetero) is 1. The molecule has 0 aromatic heterocycles. The van der Waals surface area contributed by atoms with E-state index in [9.17, 15) is 9.59 Å². The number of benzene rings is 2. The number of nitrogens with zero attached hydrogens (tertiary/aromatic N) is 1. The van der Waals surface area contributed by atoms with Gasteiger partial charge in [-0.05, 0) is 48.7 Å². The molecule has 1 aliphatic rings. The maximum atomic E-state index is 12.3. The van der Waals surface area contributed by atoms with Crippen LogP contribution in [0.1, 0.15) is 36.5 Å². The molecule has 1 amide bonds. The van der Waals surface area contributed by atoms with Crippen LogP contribution in [0.3, 0.4) is 0 Å². The molecule has 0 unspecified atom stereocenters. The minimum Gasteiger partial charge on any atom is -0.316 e. The van der Waals surface area contributed by atoms with Crippen LogP contribution in [0.25, 0.3) is 11.1 Å². The fourth-order valence-corrected chi connectivity index (χ4v) is 3.14. The van der Waals surface area contributed by atoms with Gasteiger partial charge in [-0.3, -0.25) is 9.59 Å². The second kappa shape index (κ2) is 8.28. The number of carbonyl (C=O) groups excluding carboxylic acids is 2. The first-order chi connectivity index (χ1) is 12.6. The third-order valence-electron chi connectivity index (χ3n) is 5.12. The highest BCUT2D eigenvalue weighted by Crippen LogP contribution is 2.24. The van der Waals surface area contributed by atoms with E-state index in [1.807, 2.05) is 55.5 Å². The van der Waals surface area contributed by atoms with Gasteiger partial charge in [-0.2, -0.15) is 0 Å². The lowest BCUT2D eigenvalue weighted by molar-refractivity contribution is -0.118. The van der Waals surface area contributed by atoms with E-state index in [1.54, 1.807) is 11.9 Å². The molecule has 1 fully saturated rings. The number of carbonyl (C=O) groups is 2. The van der Waals surface area contributed by atoms with Crippen LogP contribution in [-0.4, -0.2) is 31.8 Å². The van der Waals surface area contributed by atoms with Gasteiger partial charge in [0, 0.05) is 31.1 Å². The van der Waals surface area contributed by atoms with Crippen molar-refractivity contribution in [3.8, 4) is 11.1 Å². The number of hydrogen-bond acceptors (Lipinski definition) is 3. The summed E-state index contributed by atoms with van der Waals surface area (Å²) in [6.45, 7) is 3.95. The minimum absolute atomic E-state index is 0.0956. The van der Waals surface area contributed by atoms with Crippen molar-refractivity contribution in [2.24, 2.45) is 5.92 Å². The van der Waals surface area contributed by atoms with E-state index in [1.165, 1.54) is 0 Å². The summed E-state index contributed by atoms with van der Waals surface area (Å²) < 4.78 is 0. The van der Waals surface area contributed by atoms with Gasteiger partial charge in [0.2, 0.25) is 5.91 Å². The average molecular weight is 350 g/mol. The number of anilines is 1. The lowest BCUT2D eigenvalue weighted by Gasteiger charge is -2.26. The predicted molar refractivity (Wildman–Crippen MR) is 106 cm³/mol. The number of ketones is 1. The molecule has 0 bridgehead atoms. The number of rotatable bonds is 7. The maximum absolute atomic E-state index is 12.3. The van der Waals surface area contributed by atoms with Crippen LogP contribution in [0.4, 0.5) is 5.69 Å². The summed E-state index contributed by atoms with van der Waals surface area (Å²) in [6, 6.07) is 15.7. The smallest absolute Gasteiger partial charge is 0.226 e. The Kier molecular flexibility index (Phi) is 5.84. The minimum atomic E-state index is 0.0956. The van der Waals surface area contributed by atoms with Crippen molar-refractivity contribution in [3.63, 3.8) is 0 Å². The van der Waals surface area contributed by atoms with Crippen molar-refractivity contribution in [1.29, 1.82) is 0 Å². The highest BCUT2D eigenvalue weighted by atomic mass is 16.2. The van der Waals surface area contributed by atoms with Crippen LogP contribution >= 0.6 is 0 Å². The topological polar surface area (TPSA) is 49.4 Å². The van der Waals surface area contributed by atoms with E-state index in [2.05, 4.69) is 5.32 Å². The summed E-state index contributed by atoms with van der Waals surface area (Å²) in [5, 5.41) is 3.24. The lowest BCUT2D eigenvalue weighted by atomic mass is 9.94. The Morgan fingerprint density at radius 2 is 1.58 bits per heavy atom. The lowest BCUT2D eigenvalue weighted by Crippen LogP contribution is -2.42. The van der Waals surface area contributed by atoms with Gasteiger partial charge in [-0.25, -0.2) is 0 Å². The Morgan fingerprint density at radius 3 is 2.08 bits per heavy atom. The highest BCUT2D eigenvalue weighted by molar-refractivity contribution is 5.96.